The Morgan fingerprint density at radius 2 is 1.61 bits per heavy atom. The second-order valence-corrected chi connectivity index (χ2v) is 17.0. The molecule has 3 atom stereocenters. The largest absolute Gasteiger partial charge is 0.382 e. The number of hydrogen-bond acceptors (Lipinski definition) is 12. The molecule has 3 aliphatic heterocycles. The van der Waals surface area contributed by atoms with Crippen molar-refractivity contribution in [3.63, 3.8) is 0 Å². The average molecular weight is 810 g/mol. The Morgan fingerprint density at radius 3 is 2.37 bits per heavy atom. The van der Waals surface area contributed by atoms with Gasteiger partial charge < -0.3 is 39.5 Å². The number of benzene rings is 2. The number of morpholine rings is 1. The molecule has 1 aliphatic carbocycles. The summed E-state index contributed by atoms with van der Waals surface area (Å²) in [4.78, 5) is 42.2. The van der Waals surface area contributed by atoms with Crippen LogP contribution in [-0.4, -0.2) is 117 Å². The maximum Gasteiger partial charge on any atom is 0.162 e. The maximum atomic E-state index is 12.4. The quantitative estimate of drug-likeness (QED) is 0.0915. The predicted octanol–water partition coefficient (Wildman–Crippen LogP) is 6.88. The second kappa shape index (κ2) is 21.5. The molecule has 7 rings (SSSR count). The first-order chi connectivity index (χ1) is 28.8. The van der Waals surface area contributed by atoms with Crippen molar-refractivity contribution in [1.82, 2.24) is 20.2 Å². The van der Waals surface area contributed by atoms with Gasteiger partial charge in [0.25, 0.3) is 0 Å². The van der Waals surface area contributed by atoms with Gasteiger partial charge in [-0.05, 0) is 89.0 Å². The summed E-state index contributed by atoms with van der Waals surface area (Å²) < 4.78 is 17.5. The number of carbonyl (C=O) groups excluding carboxylic acids is 2. The highest BCUT2D eigenvalue weighted by Crippen LogP contribution is 2.38. The SMILES string of the molecule is CC(=O)c1cccc(NC2CCN(CCOCCOCCCc3nc(C(C)NCc4ccc(N5CCOCC5)cc4)cc(N4CCC5CCCCC54)n3)CC2)c1C(C)=O. The highest BCUT2D eigenvalue weighted by molar-refractivity contribution is 6.10. The van der Waals surface area contributed by atoms with Crippen LogP contribution in [0.25, 0.3) is 0 Å². The van der Waals surface area contributed by atoms with Crippen LogP contribution in [0.2, 0.25) is 0 Å². The number of likely N-dealkylation sites (tertiary alicyclic amines) is 1. The number of ether oxygens (including phenoxy) is 3. The highest BCUT2D eigenvalue weighted by atomic mass is 16.5. The Bertz CT molecular complexity index is 1810. The molecule has 59 heavy (non-hydrogen) atoms. The van der Waals surface area contributed by atoms with E-state index in [1.165, 1.54) is 57.2 Å². The number of aryl methyl sites for hydroxylation is 1. The smallest absolute Gasteiger partial charge is 0.162 e. The van der Waals surface area contributed by atoms with Crippen molar-refractivity contribution >= 4 is 28.8 Å². The van der Waals surface area contributed by atoms with E-state index in [1.54, 1.807) is 6.07 Å². The minimum absolute atomic E-state index is 0.0870. The van der Waals surface area contributed by atoms with Crippen molar-refractivity contribution in [3.8, 4) is 0 Å². The molecular formula is C47H67N7O5. The molecule has 1 aromatic heterocycles. The van der Waals surface area contributed by atoms with Gasteiger partial charge in [-0.3, -0.25) is 9.59 Å². The fraction of sp³-hybridized carbons (Fsp3) is 0.617. The lowest BCUT2D eigenvalue weighted by Crippen LogP contribution is -2.40. The standard InChI is InChI=1S/C47H67N7O5/c1-34(48-33-37-13-15-40(16-14-37)53-24-28-58-29-25-53)43-32-46(54-22-17-38-8-4-5-11-44(38)54)51-45(50-43)12-7-26-57-30-31-59-27-23-52-20-18-39(19-21-52)49-42-10-6-9-41(35(2)55)47(42)36(3)56/h6,9-10,13-16,32,34,38-39,44,48-49H,4-5,7-8,11-12,17-31,33H2,1-3H3. The highest BCUT2D eigenvalue weighted by Gasteiger charge is 2.36. The van der Waals surface area contributed by atoms with Gasteiger partial charge in [-0.15, -0.1) is 0 Å². The molecule has 0 amide bonds. The van der Waals surface area contributed by atoms with Crippen molar-refractivity contribution in [2.45, 2.75) is 103 Å². The maximum absolute atomic E-state index is 12.4. The summed E-state index contributed by atoms with van der Waals surface area (Å²) in [6, 6.07) is 17.6. The van der Waals surface area contributed by atoms with Crippen LogP contribution in [0.4, 0.5) is 17.2 Å². The summed E-state index contributed by atoms with van der Waals surface area (Å²) in [5.74, 6) is 2.62. The Kier molecular flexibility index (Phi) is 15.8. The van der Waals surface area contributed by atoms with Crippen LogP contribution >= 0.6 is 0 Å². The van der Waals surface area contributed by atoms with E-state index >= 15 is 0 Å². The first-order valence-corrected chi connectivity index (χ1v) is 22.4. The number of anilines is 3. The van der Waals surface area contributed by atoms with Crippen molar-refractivity contribution < 1.29 is 23.8 Å². The van der Waals surface area contributed by atoms with Crippen LogP contribution in [0.3, 0.4) is 0 Å². The zero-order chi connectivity index (χ0) is 41.0. The third-order valence-corrected chi connectivity index (χ3v) is 12.8. The number of ketones is 2. The van der Waals surface area contributed by atoms with Crippen LogP contribution < -0.4 is 20.4 Å². The Labute approximate surface area is 351 Å². The van der Waals surface area contributed by atoms with Crippen molar-refractivity contribution in [2.24, 2.45) is 5.92 Å². The molecule has 1 saturated carbocycles. The van der Waals surface area contributed by atoms with E-state index in [-0.39, 0.29) is 23.7 Å². The molecule has 0 radical (unpaired) electrons. The number of Topliss-reactive ketones (excluding diaryl/α,β-unsaturated/α-hetero) is 2. The van der Waals surface area contributed by atoms with E-state index in [4.69, 9.17) is 24.2 Å². The average Bonchev–Trinajstić information content (AvgIpc) is 3.70. The summed E-state index contributed by atoms with van der Waals surface area (Å²) in [5, 5.41) is 7.30. The summed E-state index contributed by atoms with van der Waals surface area (Å²) in [5.41, 5.74) is 5.34. The second-order valence-electron chi connectivity index (χ2n) is 17.0. The molecular weight excluding hydrogens is 743 g/mol. The minimum atomic E-state index is -0.0881. The lowest BCUT2D eigenvalue weighted by atomic mass is 9.85. The molecule has 2 N–H and O–H groups in total. The predicted molar refractivity (Wildman–Crippen MR) is 234 cm³/mol. The number of piperidine rings is 1. The number of fused-ring (bicyclic) bond motifs is 1. The van der Waals surface area contributed by atoms with Gasteiger partial charge in [-0.25, -0.2) is 9.97 Å². The number of nitrogens with zero attached hydrogens (tertiary/aromatic N) is 5. The molecule has 4 aliphatic rings. The lowest BCUT2D eigenvalue weighted by Gasteiger charge is -2.33. The molecule has 3 aromatic rings. The molecule has 0 spiro atoms. The first-order valence-electron chi connectivity index (χ1n) is 22.4. The van der Waals surface area contributed by atoms with Crippen LogP contribution in [-0.2, 0) is 27.2 Å². The van der Waals surface area contributed by atoms with Gasteiger partial charge in [0.15, 0.2) is 11.6 Å². The van der Waals surface area contributed by atoms with E-state index in [1.807, 2.05) is 12.1 Å². The number of carbonyl (C=O) groups is 2. The fourth-order valence-electron chi connectivity index (χ4n) is 9.41. The Balaban J connectivity index is 0.825. The number of rotatable bonds is 20. The third-order valence-electron chi connectivity index (χ3n) is 12.8. The molecule has 12 nitrogen and oxygen atoms in total. The topological polar surface area (TPSA) is 121 Å². The van der Waals surface area contributed by atoms with Gasteiger partial charge in [-0.2, -0.15) is 0 Å². The summed E-state index contributed by atoms with van der Waals surface area (Å²) in [6.07, 6.45) is 10.1. The zero-order valence-corrected chi connectivity index (χ0v) is 35.8. The van der Waals surface area contributed by atoms with Gasteiger partial charge in [0.05, 0.1) is 44.3 Å². The normalized spacial score (nSPS) is 20.7. The first kappa shape index (κ1) is 43.2. The molecule has 3 unspecified atom stereocenters. The van der Waals surface area contributed by atoms with Gasteiger partial charge >= 0.3 is 0 Å². The molecule has 3 saturated heterocycles. The Hall–Kier alpha value is -3.94. The Morgan fingerprint density at radius 1 is 0.847 bits per heavy atom. The minimum Gasteiger partial charge on any atom is -0.382 e. The van der Waals surface area contributed by atoms with Crippen molar-refractivity contribution in [1.29, 1.82) is 0 Å². The summed E-state index contributed by atoms with van der Waals surface area (Å²) in [7, 11) is 0. The van der Waals surface area contributed by atoms with Gasteiger partial charge in [-0.1, -0.05) is 37.1 Å². The molecule has 12 heteroatoms. The van der Waals surface area contributed by atoms with E-state index < -0.39 is 0 Å². The third kappa shape index (κ3) is 11.9. The van der Waals surface area contributed by atoms with Crippen molar-refractivity contribution in [2.75, 3.05) is 94.0 Å². The van der Waals surface area contributed by atoms with Gasteiger partial charge in [0.2, 0.25) is 0 Å². The fourth-order valence-corrected chi connectivity index (χ4v) is 9.41. The van der Waals surface area contributed by atoms with Gasteiger partial charge in [0, 0.05) is 100.0 Å². The zero-order valence-electron chi connectivity index (χ0n) is 35.8. The van der Waals surface area contributed by atoms with E-state index in [9.17, 15) is 9.59 Å². The molecule has 320 valence electrons. The summed E-state index contributed by atoms with van der Waals surface area (Å²) in [6.45, 7) is 15.9. The van der Waals surface area contributed by atoms with E-state index in [2.05, 4.69) is 62.6 Å². The van der Waals surface area contributed by atoms with Crippen LogP contribution in [0.1, 0.15) is 116 Å². The van der Waals surface area contributed by atoms with Crippen molar-refractivity contribution in [3.05, 3.63) is 76.7 Å². The van der Waals surface area contributed by atoms with E-state index in [0.29, 0.717) is 43.6 Å². The summed E-state index contributed by atoms with van der Waals surface area (Å²) >= 11 is 0. The number of aromatic nitrogens is 2. The molecule has 0 bridgehead atoms. The van der Waals surface area contributed by atoms with Gasteiger partial charge in [0.1, 0.15) is 11.6 Å². The lowest BCUT2D eigenvalue weighted by molar-refractivity contribution is 0.0356. The molecule has 4 fully saturated rings. The number of nitrogens with one attached hydrogen (secondary N) is 2. The molecule has 2 aromatic carbocycles. The van der Waals surface area contributed by atoms with Crippen LogP contribution in [0.5, 0.6) is 0 Å². The number of hydrogen-bond donors (Lipinski definition) is 2. The molecule has 4 heterocycles. The van der Waals surface area contributed by atoms with Crippen LogP contribution in [0, 0.1) is 5.92 Å². The van der Waals surface area contributed by atoms with Crippen LogP contribution in [0.15, 0.2) is 48.5 Å². The van der Waals surface area contributed by atoms with E-state index in [0.717, 1.165) is 114 Å². The monoisotopic (exact) mass is 810 g/mol.